The van der Waals surface area contributed by atoms with Crippen LogP contribution in [0.5, 0.6) is 0 Å². The van der Waals surface area contributed by atoms with Gasteiger partial charge in [-0.2, -0.15) is 0 Å². The Hall–Kier alpha value is -2.38. The Balaban J connectivity index is 2.64. The second-order valence-corrected chi connectivity index (χ2v) is 21.1. The number of amides is 1. The van der Waals surface area contributed by atoms with Crippen molar-refractivity contribution in [3.8, 4) is 0 Å². The summed E-state index contributed by atoms with van der Waals surface area (Å²) in [6, 6.07) is -1.02. The number of allylic oxidation sites excluding steroid dienone is 7. The Morgan fingerprint density at radius 2 is 0.945 bits per heavy atom. The number of rotatable bonds is 51. The van der Waals surface area contributed by atoms with Crippen LogP contribution in [0.3, 0.4) is 0 Å². The lowest BCUT2D eigenvalue weighted by Crippen LogP contribution is -2.61. The van der Waals surface area contributed by atoms with Crippen LogP contribution in [0.4, 0.5) is 0 Å². The van der Waals surface area contributed by atoms with Gasteiger partial charge in [0.25, 0.3) is 0 Å². The van der Waals surface area contributed by atoms with Crippen LogP contribution < -0.4 is 5.32 Å². The molecule has 6 N–H and O–H groups in total. The molecule has 1 aliphatic heterocycles. The Morgan fingerprint density at radius 3 is 1.44 bits per heavy atom. The quantitative estimate of drug-likeness (QED) is 0.0195. The van der Waals surface area contributed by atoms with Crippen LogP contribution in [-0.2, 0) is 23.8 Å². The molecule has 11 nitrogen and oxygen atoms in total. The summed E-state index contributed by atoms with van der Waals surface area (Å²) in [6.45, 7) is 5.74. The highest BCUT2D eigenvalue weighted by atomic mass is 16.7. The van der Waals surface area contributed by atoms with Gasteiger partial charge >= 0.3 is 5.97 Å². The van der Waals surface area contributed by atoms with Gasteiger partial charge in [-0.3, -0.25) is 9.59 Å². The van der Waals surface area contributed by atoms with E-state index in [4.69, 9.17) is 14.2 Å². The third kappa shape index (κ3) is 38.8. The highest BCUT2D eigenvalue weighted by molar-refractivity contribution is 5.80. The summed E-state index contributed by atoms with van der Waals surface area (Å²) in [5.41, 5.74) is 0. The number of aliphatic hydroxyl groups excluding tert-OH is 5. The van der Waals surface area contributed by atoms with E-state index in [9.17, 15) is 35.1 Å². The molecule has 8 unspecified atom stereocenters. The van der Waals surface area contributed by atoms with E-state index in [1.807, 2.05) is 6.08 Å². The maximum Gasteiger partial charge on any atom is 0.306 e. The van der Waals surface area contributed by atoms with Crippen LogP contribution in [0, 0.1) is 0 Å². The highest BCUT2D eigenvalue weighted by Crippen LogP contribution is 2.26. The summed E-state index contributed by atoms with van der Waals surface area (Å²) in [5, 5.41) is 56.8. The van der Waals surface area contributed by atoms with Gasteiger partial charge in [-0.15, -0.1) is 0 Å². The van der Waals surface area contributed by atoms with Gasteiger partial charge in [0, 0.05) is 6.42 Å². The van der Waals surface area contributed by atoms with E-state index in [1.165, 1.54) is 148 Å². The van der Waals surface area contributed by atoms with Crippen molar-refractivity contribution in [1.82, 2.24) is 5.32 Å². The molecule has 0 aromatic rings. The van der Waals surface area contributed by atoms with Gasteiger partial charge in [0.1, 0.15) is 24.4 Å². The van der Waals surface area contributed by atoms with E-state index in [-0.39, 0.29) is 19.4 Å². The largest absolute Gasteiger partial charge is 0.454 e. The predicted molar refractivity (Wildman–Crippen MR) is 301 cm³/mol. The fraction of sp³-hybridized carbons (Fsp3) is 0.839. The number of nitrogens with one attached hydrogen (secondary N) is 1. The van der Waals surface area contributed by atoms with Crippen molar-refractivity contribution in [3.63, 3.8) is 0 Å². The minimum Gasteiger partial charge on any atom is -0.454 e. The van der Waals surface area contributed by atoms with Crippen LogP contribution in [0.2, 0.25) is 0 Å². The van der Waals surface area contributed by atoms with Crippen molar-refractivity contribution in [2.45, 2.75) is 320 Å². The molecule has 1 rings (SSSR count). The smallest absolute Gasteiger partial charge is 0.306 e. The third-order valence-electron chi connectivity index (χ3n) is 14.2. The topological polar surface area (TPSA) is 175 Å². The number of ether oxygens (including phenoxy) is 3. The first-order valence-electron chi connectivity index (χ1n) is 30.4. The van der Waals surface area contributed by atoms with E-state index in [1.54, 1.807) is 6.08 Å². The molecule has 0 saturated carbocycles. The summed E-state index contributed by atoms with van der Waals surface area (Å²) < 4.78 is 17.6. The van der Waals surface area contributed by atoms with Crippen molar-refractivity contribution in [2.24, 2.45) is 0 Å². The highest BCUT2D eigenvalue weighted by Gasteiger charge is 2.47. The number of hydrogen-bond donors (Lipinski definition) is 6. The Kier molecular flexibility index (Phi) is 47.4. The molecule has 1 amide bonds. The molecule has 0 spiro atoms. The molecular weight excluding hydrogens is 919 g/mol. The lowest BCUT2D eigenvalue weighted by atomic mass is 9.99. The van der Waals surface area contributed by atoms with Gasteiger partial charge in [0.15, 0.2) is 12.4 Å². The molecule has 1 saturated heterocycles. The fourth-order valence-electron chi connectivity index (χ4n) is 9.36. The van der Waals surface area contributed by atoms with Gasteiger partial charge < -0.3 is 45.1 Å². The first-order valence-corrected chi connectivity index (χ1v) is 30.4. The first-order chi connectivity index (χ1) is 35.7. The molecule has 426 valence electrons. The third-order valence-corrected chi connectivity index (χ3v) is 14.2. The minimum absolute atomic E-state index is 0.126. The van der Waals surface area contributed by atoms with Crippen LogP contribution in [0.1, 0.15) is 271 Å². The Bertz CT molecular complexity index is 1370. The van der Waals surface area contributed by atoms with E-state index < -0.39 is 67.4 Å². The Labute approximate surface area is 446 Å². The predicted octanol–water partition coefficient (Wildman–Crippen LogP) is 14.1. The van der Waals surface area contributed by atoms with Crippen molar-refractivity contribution in [3.05, 3.63) is 48.6 Å². The normalized spacial score (nSPS) is 19.7. The molecule has 1 fully saturated rings. The number of carbonyl (C=O) groups excluding carboxylic acids is 2. The van der Waals surface area contributed by atoms with Gasteiger partial charge in [-0.05, 0) is 64.2 Å². The van der Waals surface area contributed by atoms with Crippen LogP contribution >= 0.6 is 0 Å². The molecular formula is C62H113NO10. The summed E-state index contributed by atoms with van der Waals surface area (Å²) in [6.07, 6.45) is 50.2. The van der Waals surface area contributed by atoms with Crippen LogP contribution in [0.25, 0.3) is 0 Å². The molecule has 0 aromatic heterocycles. The van der Waals surface area contributed by atoms with Gasteiger partial charge in [0.05, 0.1) is 25.4 Å². The standard InChI is InChI=1S/C62H113NO10/c1-4-7-10-13-16-19-22-23-24-25-26-27-28-29-30-31-32-35-37-40-43-46-49-55(66)61(70)63-53(54(65)48-45-42-39-36-33-20-17-14-11-8-5-2)52-71-62-60(59(69)58(68)56(51-64)72-62)73-57(67)50-47-44-41-38-34-21-18-15-12-9-6-3/h16,19,23-24,26-27,45,48,53-56,58-60,62,64-66,68-69H,4-15,17-18,20-22,25,28-44,46-47,49-52H2,1-3H3,(H,63,70)/b19-16-,24-23-,27-26-,48-45+. The second-order valence-electron chi connectivity index (χ2n) is 21.1. The molecule has 0 bridgehead atoms. The number of esters is 1. The molecule has 1 heterocycles. The summed E-state index contributed by atoms with van der Waals surface area (Å²) in [7, 11) is 0. The van der Waals surface area contributed by atoms with Crippen molar-refractivity contribution >= 4 is 11.9 Å². The number of aliphatic hydroxyl groups is 5. The number of unbranched alkanes of at least 4 members (excludes halogenated alkanes) is 31. The Morgan fingerprint density at radius 1 is 0.534 bits per heavy atom. The molecule has 73 heavy (non-hydrogen) atoms. The van der Waals surface area contributed by atoms with Crippen LogP contribution in [-0.4, -0.2) is 99.6 Å². The fourth-order valence-corrected chi connectivity index (χ4v) is 9.36. The average molecular weight is 1030 g/mol. The maximum atomic E-state index is 13.4. The zero-order valence-electron chi connectivity index (χ0n) is 47.0. The zero-order chi connectivity index (χ0) is 53.3. The van der Waals surface area contributed by atoms with E-state index in [0.29, 0.717) is 12.8 Å². The molecule has 0 aliphatic carbocycles. The molecule has 0 aromatic carbocycles. The summed E-state index contributed by atoms with van der Waals surface area (Å²) >= 11 is 0. The number of hydrogen-bond acceptors (Lipinski definition) is 10. The van der Waals surface area contributed by atoms with E-state index >= 15 is 0 Å². The molecule has 11 heteroatoms. The van der Waals surface area contributed by atoms with E-state index in [2.05, 4.69) is 62.5 Å². The summed E-state index contributed by atoms with van der Waals surface area (Å²) in [4.78, 5) is 26.4. The molecule has 0 radical (unpaired) electrons. The first kappa shape index (κ1) is 68.6. The van der Waals surface area contributed by atoms with Gasteiger partial charge in [-0.1, -0.05) is 249 Å². The van der Waals surface area contributed by atoms with Crippen LogP contribution in [0.15, 0.2) is 48.6 Å². The monoisotopic (exact) mass is 1030 g/mol. The average Bonchev–Trinajstić information content (AvgIpc) is 3.39. The number of carbonyl (C=O) groups is 2. The lowest BCUT2D eigenvalue weighted by molar-refractivity contribution is -0.305. The van der Waals surface area contributed by atoms with E-state index in [0.717, 1.165) is 77.0 Å². The SMILES string of the molecule is CCCCC/C=C\C/C=C\C/C=C\CCCCCCCCCCCC(O)C(=O)NC(COC1OC(CO)C(O)C(O)C1OC(=O)CCCCCCCCCCCCC)C(O)/C=C/CCCCCCCCCCC. The zero-order valence-corrected chi connectivity index (χ0v) is 47.0. The van der Waals surface area contributed by atoms with Crippen molar-refractivity contribution < 1.29 is 49.3 Å². The molecule has 8 atom stereocenters. The summed E-state index contributed by atoms with van der Waals surface area (Å²) in [5.74, 6) is -1.19. The molecule has 1 aliphatic rings. The van der Waals surface area contributed by atoms with Gasteiger partial charge in [-0.25, -0.2) is 0 Å². The van der Waals surface area contributed by atoms with Crippen molar-refractivity contribution in [1.29, 1.82) is 0 Å². The maximum absolute atomic E-state index is 13.4. The lowest BCUT2D eigenvalue weighted by Gasteiger charge is -2.41. The van der Waals surface area contributed by atoms with Gasteiger partial charge in [0.2, 0.25) is 5.91 Å². The minimum atomic E-state index is -1.61. The second kappa shape index (κ2) is 50.4. The van der Waals surface area contributed by atoms with Crippen molar-refractivity contribution in [2.75, 3.05) is 13.2 Å².